The lowest BCUT2D eigenvalue weighted by Gasteiger charge is -2.13. The van der Waals surface area contributed by atoms with Gasteiger partial charge in [-0.3, -0.25) is 0 Å². The predicted molar refractivity (Wildman–Crippen MR) is 98.4 cm³/mol. The minimum atomic E-state index is 0.309. The molecular weight excluding hydrogens is 330 g/mol. The van der Waals surface area contributed by atoms with Crippen LogP contribution in [0.3, 0.4) is 0 Å². The molecule has 0 spiro atoms. The fourth-order valence-corrected chi connectivity index (χ4v) is 2.58. The van der Waals surface area contributed by atoms with Crippen molar-refractivity contribution >= 4 is 5.71 Å². The third-order valence-electron chi connectivity index (χ3n) is 3.91. The van der Waals surface area contributed by atoms with Crippen LogP contribution < -0.4 is 4.74 Å². The van der Waals surface area contributed by atoms with Crippen molar-refractivity contribution in [2.75, 3.05) is 7.11 Å². The summed E-state index contributed by atoms with van der Waals surface area (Å²) in [6.45, 7) is 6.19. The smallest absolute Gasteiger partial charge is 0.270 e. The Labute approximate surface area is 152 Å². The molecule has 0 aliphatic heterocycles. The summed E-state index contributed by atoms with van der Waals surface area (Å²) >= 11 is 0. The second-order valence-electron chi connectivity index (χ2n) is 5.96. The molecule has 0 amide bonds. The lowest BCUT2D eigenvalue weighted by molar-refractivity contribution is 0.213. The number of aryl methyl sites for hydroxylation is 3. The molecular formula is C20H21N3O3. The van der Waals surface area contributed by atoms with Crippen molar-refractivity contribution in [3.63, 3.8) is 0 Å². The van der Waals surface area contributed by atoms with Crippen LogP contribution in [0.25, 0.3) is 0 Å². The van der Waals surface area contributed by atoms with Crippen molar-refractivity contribution in [2.45, 2.75) is 27.4 Å². The average molecular weight is 351 g/mol. The summed E-state index contributed by atoms with van der Waals surface area (Å²) in [5.74, 6) is 1.63. The average Bonchev–Trinajstić information content (AvgIpc) is 3.07. The van der Waals surface area contributed by atoms with Gasteiger partial charge in [-0.05, 0) is 36.6 Å². The minimum Gasteiger partial charge on any atom is -0.489 e. The molecule has 0 fully saturated rings. The molecule has 0 bridgehead atoms. The van der Waals surface area contributed by atoms with Gasteiger partial charge < -0.3 is 14.0 Å². The Balaban J connectivity index is 1.92. The number of rotatable bonds is 6. The molecule has 1 aromatic heterocycles. The zero-order valence-electron chi connectivity index (χ0n) is 15.3. The molecule has 134 valence electrons. The van der Waals surface area contributed by atoms with Crippen LogP contribution in [0.5, 0.6) is 5.75 Å². The molecule has 0 atom stereocenters. The van der Waals surface area contributed by atoms with Gasteiger partial charge in [-0.25, -0.2) is 0 Å². The fraction of sp³-hybridized carbons (Fsp3) is 0.250. The topological polar surface area (TPSA) is 69.7 Å². The van der Waals surface area contributed by atoms with E-state index < -0.39 is 0 Å². The summed E-state index contributed by atoms with van der Waals surface area (Å²) in [7, 11) is 1.48. The molecule has 0 aliphatic carbocycles. The Kier molecular flexibility index (Phi) is 5.31. The van der Waals surface area contributed by atoms with Gasteiger partial charge in [0, 0.05) is 12.5 Å². The van der Waals surface area contributed by atoms with E-state index in [2.05, 4.69) is 27.5 Å². The van der Waals surface area contributed by atoms with E-state index in [1.807, 2.05) is 44.2 Å². The van der Waals surface area contributed by atoms with Gasteiger partial charge in [-0.15, -0.1) is 10.2 Å². The Bertz CT molecular complexity index is 932. The Morgan fingerprint density at radius 2 is 1.88 bits per heavy atom. The van der Waals surface area contributed by atoms with E-state index in [-0.39, 0.29) is 0 Å². The summed E-state index contributed by atoms with van der Waals surface area (Å²) < 4.78 is 11.6. The van der Waals surface area contributed by atoms with Gasteiger partial charge in [0.25, 0.3) is 5.89 Å². The van der Waals surface area contributed by atoms with Gasteiger partial charge >= 0.3 is 0 Å². The van der Waals surface area contributed by atoms with Crippen molar-refractivity contribution in [2.24, 2.45) is 5.16 Å². The normalized spacial score (nSPS) is 11.5. The van der Waals surface area contributed by atoms with Crippen molar-refractivity contribution < 1.29 is 14.0 Å². The zero-order chi connectivity index (χ0) is 18.5. The molecule has 26 heavy (non-hydrogen) atoms. The molecule has 6 nitrogen and oxygen atoms in total. The first-order chi connectivity index (χ1) is 12.6. The van der Waals surface area contributed by atoms with Gasteiger partial charge in [0.15, 0.2) is 5.71 Å². The molecule has 3 aromatic rings. The summed E-state index contributed by atoms with van der Waals surface area (Å²) in [6, 6.07) is 13.9. The van der Waals surface area contributed by atoms with Gasteiger partial charge in [0.05, 0.1) is 0 Å². The van der Waals surface area contributed by atoms with Crippen LogP contribution in [0, 0.1) is 20.8 Å². The summed E-state index contributed by atoms with van der Waals surface area (Å²) in [6.07, 6.45) is 0. The minimum absolute atomic E-state index is 0.309. The highest BCUT2D eigenvalue weighted by Crippen LogP contribution is 2.22. The van der Waals surface area contributed by atoms with E-state index >= 15 is 0 Å². The number of nitrogens with zero attached hydrogens (tertiary/aromatic N) is 3. The van der Waals surface area contributed by atoms with Gasteiger partial charge in [0.2, 0.25) is 5.89 Å². The predicted octanol–water partition coefficient (Wildman–Crippen LogP) is 3.97. The lowest BCUT2D eigenvalue weighted by atomic mass is 10.0. The van der Waals surface area contributed by atoms with Crippen LogP contribution in [0.15, 0.2) is 52.0 Å². The van der Waals surface area contributed by atoms with Crippen LogP contribution in [0.2, 0.25) is 0 Å². The van der Waals surface area contributed by atoms with Crippen molar-refractivity contribution in [3.05, 3.63) is 76.5 Å². The third-order valence-corrected chi connectivity index (χ3v) is 3.91. The summed E-state index contributed by atoms with van der Waals surface area (Å²) in [5, 5.41) is 12.0. The van der Waals surface area contributed by atoms with Gasteiger partial charge in [0.1, 0.15) is 19.5 Å². The van der Waals surface area contributed by atoms with Gasteiger partial charge in [-0.2, -0.15) is 0 Å². The first kappa shape index (κ1) is 17.7. The monoisotopic (exact) mass is 351 g/mol. The van der Waals surface area contributed by atoms with Crippen LogP contribution in [0.1, 0.15) is 34.0 Å². The first-order valence-electron chi connectivity index (χ1n) is 8.28. The number of aromatic nitrogens is 2. The van der Waals surface area contributed by atoms with E-state index in [0.29, 0.717) is 24.1 Å². The second-order valence-corrected chi connectivity index (χ2v) is 5.96. The van der Waals surface area contributed by atoms with Crippen LogP contribution in [-0.2, 0) is 11.4 Å². The summed E-state index contributed by atoms with van der Waals surface area (Å²) in [5.41, 5.74) is 4.49. The molecule has 2 aromatic carbocycles. The van der Waals surface area contributed by atoms with Crippen LogP contribution in [-0.4, -0.2) is 23.0 Å². The number of hydrogen-bond donors (Lipinski definition) is 0. The number of oxime groups is 1. The maximum absolute atomic E-state index is 6.05. The van der Waals surface area contributed by atoms with Crippen molar-refractivity contribution in [1.29, 1.82) is 0 Å². The largest absolute Gasteiger partial charge is 0.489 e. The molecule has 0 saturated heterocycles. The molecule has 0 aliphatic rings. The Morgan fingerprint density at radius 1 is 1.08 bits per heavy atom. The van der Waals surface area contributed by atoms with Crippen molar-refractivity contribution in [1.82, 2.24) is 10.2 Å². The quantitative estimate of drug-likeness (QED) is 0.496. The Hall–Kier alpha value is -3.15. The van der Waals surface area contributed by atoms with E-state index in [0.717, 1.165) is 28.0 Å². The molecule has 0 unspecified atom stereocenters. The first-order valence-corrected chi connectivity index (χ1v) is 8.28. The molecule has 3 rings (SSSR count). The SMILES string of the molecule is CO/N=C(/c1nnc(C)o1)c1ccccc1COc1cc(C)ccc1C. The van der Waals surface area contributed by atoms with E-state index in [4.69, 9.17) is 14.0 Å². The van der Waals surface area contributed by atoms with Crippen molar-refractivity contribution in [3.8, 4) is 5.75 Å². The fourth-order valence-electron chi connectivity index (χ4n) is 2.58. The molecule has 1 heterocycles. The highest BCUT2D eigenvalue weighted by atomic mass is 16.6. The highest BCUT2D eigenvalue weighted by Gasteiger charge is 2.18. The Morgan fingerprint density at radius 3 is 2.62 bits per heavy atom. The molecule has 6 heteroatoms. The molecule has 0 radical (unpaired) electrons. The molecule has 0 saturated carbocycles. The van der Waals surface area contributed by atoms with E-state index in [1.165, 1.54) is 7.11 Å². The number of benzene rings is 2. The van der Waals surface area contributed by atoms with Gasteiger partial charge in [-0.1, -0.05) is 41.6 Å². The summed E-state index contributed by atoms with van der Waals surface area (Å²) in [4.78, 5) is 4.99. The van der Waals surface area contributed by atoms with E-state index in [9.17, 15) is 0 Å². The lowest BCUT2D eigenvalue weighted by Crippen LogP contribution is -2.10. The zero-order valence-corrected chi connectivity index (χ0v) is 15.3. The molecule has 0 N–H and O–H groups in total. The highest BCUT2D eigenvalue weighted by molar-refractivity contribution is 6.10. The van der Waals surface area contributed by atoms with Crippen LogP contribution >= 0.6 is 0 Å². The van der Waals surface area contributed by atoms with Crippen LogP contribution in [0.4, 0.5) is 0 Å². The number of ether oxygens (including phenoxy) is 1. The maximum atomic E-state index is 6.05. The number of hydrogen-bond acceptors (Lipinski definition) is 6. The second kappa shape index (κ2) is 7.82. The standard InChI is InChI=1S/C20H21N3O3/c1-13-9-10-14(2)18(11-13)25-12-16-7-5-6-8-17(16)19(23-24-4)20-22-21-15(3)26-20/h5-11H,12H2,1-4H3/b23-19+. The van der Waals surface area contributed by atoms with E-state index in [1.54, 1.807) is 6.92 Å². The maximum Gasteiger partial charge on any atom is 0.270 e. The third kappa shape index (κ3) is 3.91.